The number of carbonyl (C=O) groups excluding carboxylic acids is 1. The molecule has 1 aliphatic rings. The van der Waals surface area contributed by atoms with Gasteiger partial charge in [-0.1, -0.05) is 48.8 Å². The topological polar surface area (TPSA) is 40.9 Å². The zero-order chi connectivity index (χ0) is 13.6. The van der Waals surface area contributed by atoms with Crippen LogP contribution < -0.4 is 0 Å². The summed E-state index contributed by atoms with van der Waals surface area (Å²) in [6.45, 7) is 5.91. The molecule has 1 saturated carbocycles. The minimum atomic E-state index is -0.874. The summed E-state index contributed by atoms with van der Waals surface area (Å²) in [6, 6.07) is 10.2. The lowest BCUT2D eigenvalue weighted by Gasteiger charge is -2.51. The molecular weight excluding hydrogens is 290 g/mol. The molecule has 1 aromatic carbocycles. The summed E-state index contributed by atoms with van der Waals surface area (Å²) in [6.07, 6.45) is 0.479. The van der Waals surface area contributed by atoms with Crippen molar-refractivity contribution in [3.8, 4) is 6.07 Å². The summed E-state index contributed by atoms with van der Waals surface area (Å²) in [7, 11) is 0. The SMILES string of the molecule is CC(C)(C)[C@]1(C#N)C(=O)C[C@@H]1c1ccc(Br)cc1. The second-order valence-corrected chi connectivity index (χ2v) is 6.82. The van der Waals surface area contributed by atoms with Gasteiger partial charge >= 0.3 is 0 Å². The summed E-state index contributed by atoms with van der Waals surface area (Å²) in [5.74, 6) is 0.0912. The van der Waals surface area contributed by atoms with Gasteiger partial charge < -0.3 is 0 Å². The Morgan fingerprint density at radius 2 is 1.89 bits per heavy atom. The first kappa shape index (κ1) is 13.3. The third-order valence-corrected chi connectivity index (χ3v) is 4.51. The van der Waals surface area contributed by atoms with Gasteiger partial charge in [-0.15, -0.1) is 0 Å². The van der Waals surface area contributed by atoms with E-state index in [1.165, 1.54) is 0 Å². The number of ketones is 1. The molecule has 0 amide bonds. The molecule has 3 heteroatoms. The lowest BCUT2D eigenvalue weighted by molar-refractivity contribution is -0.144. The second kappa shape index (κ2) is 4.20. The minimum Gasteiger partial charge on any atom is -0.298 e. The summed E-state index contributed by atoms with van der Waals surface area (Å²) in [4.78, 5) is 12.0. The fraction of sp³-hybridized carbons (Fsp3) is 0.467. The van der Waals surface area contributed by atoms with E-state index in [2.05, 4.69) is 22.0 Å². The molecule has 0 aliphatic heterocycles. The van der Waals surface area contributed by atoms with E-state index in [0.29, 0.717) is 6.42 Å². The molecular formula is C15H16BrNO. The second-order valence-electron chi connectivity index (χ2n) is 5.90. The first-order chi connectivity index (χ1) is 8.33. The molecule has 2 atom stereocenters. The number of hydrogen-bond donors (Lipinski definition) is 0. The van der Waals surface area contributed by atoms with Crippen molar-refractivity contribution in [1.29, 1.82) is 5.26 Å². The number of benzene rings is 1. The molecule has 0 N–H and O–H groups in total. The highest BCUT2D eigenvalue weighted by molar-refractivity contribution is 9.10. The van der Waals surface area contributed by atoms with Crippen molar-refractivity contribution in [2.45, 2.75) is 33.1 Å². The van der Waals surface area contributed by atoms with Crippen molar-refractivity contribution in [3.63, 3.8) is 0 Å². The summed E-state index contributed by atoms with van der Waals surface area (Å²) < 4.78 is 1.01. The van der Waals surface area contributed by atoms with Gasteiger partial charge in [0.15, 0.2) is 5.78 Å². The molecule has 1 fully saturated rings. The largest absolute Gasteiger partial charge is 0.298 e. The van der Waals surface area contributed by atoms with Gasteiger partial charge in [0.2, 0.25) is 0 Å². The molecule has 94 valence electrons. The van der Waals surface area contributed by atoms with Crippen molar-refractivity contribution >= 4 is 21.7 Å². The van der Waals surface area contributed by atoms with Crippen molar-refractivity contribution in [2.24, 2.45) is 10.8 Å². The molecule has 0 unspecified atom stereocenters. The standard InChI is InChI=1S/C15H16BrNO/c1-14(2,3)15(9-17)12(8-13(15)18)10-4-6-11(16)7-5-10/h4-7,12H,8H2,1-3H3/t12-,15+/m1/s1. The average molecular weight is 306 g/mol. The number of Topliss-reactive ketones (excluding diaryl/α,β-unsaturated/α-hetero) is 1. The maximum atomic E-state index is 12.0. The Morgan fingerprint density at radius 3 is 2.28 bits per heavy atom. The molecule has 0 radical (unpaired) electrons. The van der Waals surface area contributed by atoms with Crippen LogP contribution in [0.2, 0.25) is 0 Å². The Balaban J connectivity index is 2.45. The van der Waals surface area contributed by atoms with E-state index in [-0.39, 0.29) is 17.1 Å². The van der Waals surface area contributed by atoms with Gasteiger partial charge in [-0.25, -0.2) is 0 Å². The summed E-state index contributed by atoms with van der Waals surface area (Å²) in [5.41, 5.74) is -0.135. The van der Waals surface area contributed by atoms with Crippen LogP contribution in [0.1, 0.15) is 38.7 Å². The van der Waals surface area contributed by atoms with E-state index in [4.69, 9.17) is 0 Å². The van der Waals surface area contributed by atoms with Gasteiger partial charge in [-0.2, -0.15) is 5.26 Å². The van der Waals surface area contributed by atoms with E-state index < -0.39 is 5.41 Å². The maximum Gasteiger partial charge on any atom is 0.154 e. The van der Waals surface area contributed by atoms with Gasteiger partial charge in [0.25, 0.3) is 0 Å². The molecule has 0 heterocycles. The van der Waals surface area contributed by atoms with Crippen molar-refractivity contribution in [1.82, 2.24) is 0 Å². The lowest BCUT2D eigenvalue weighted by atomic mass is 9.47. The van der Waals surface area contributed by atoms with Gasteiger partial charge in [0.05, 0.1) is 6.07 Å². The van der Waals surface area contributed by atoms with Crippen LogP contribution in [0.15, 0.2) is 28.7 Å². The number of nitriles is 1. The first-order valence-electron chi connectivity index (χ1n) is 6.03. The number of hydrogen-bond acceptors (Lipinski definition) is 2. The fourth-order valence-corrected chi connectivity index (χ4v) is 3.14. The van der Waals surface area contributed by atoms with Crippen LogP contribution >= 0.6 is 15.9 Å². The van der Waals surface area contributed by atoms with E-state index in [9.17, 15) is 10.1 Å². The third-order valence-electron chi connectivity index (χ3n) is 3.98. The molecule has 0 aromatic heterocycles. The first-order valence-corrected chi connectivity index (χ1v) is 6.82. The molecule has 18 heavy (non-hydrogen) atoms. The van der Waals surface area contributed by atoms with Gasteiger partial charge in [0, 0.05) is 16.8 Å². The molecule has 0 saturated heterocycles. The lowest BCUT2D eigenvalue weighted by Crippen LogP contribution is -2.55. The molecule has 2 rings (SSSR count). The van der Waals surface area contributed by atoms with Crippen molar-refractivity contribution in [3.05, 3.63) is 34.3 Å². The zero-order valence-corrected chi connectivity index (χ0v) is 12.4. The summed E-state index contributed by atoms with van der Waals surface area (Å²) >= 11 is 3.40. The van der Waals surface area contributed by atoms with E-state index >= 15 is 0 Å². The average Bonchev–Trinajstić information content (AvgIpc) is 2.26. The number of nitrogens with zero attached hydrogens (tertiary/aromatic N) is 1. The highest BCUT2D eigenvalue weighted by Crippen LogP contribution is 2.59. The molecule has 1 aromatic rings. The van der Waals surface area contributed by atoms with Crippen LogP contribution in [0.5, 0.6) is 0 Å². The van der Waals surface area contributed by atoms with Crippen LogP contribution in [0.3, 0.4) is 0 Å². The Labute approximate surface area is 116 Å². The van der Waals surface area contributed by atoms with Gasteiger partial charge in [0.1, 0.15) is 5.41 Å². The molecule has 1 aliphatic carbocycles. The number of rotatable bonds is 1. The van der Waals surface area contributed by atoms with E-state index in [1.54, 1.807) is 0 Å². The van der Waals surface area contributed by atoms with Crippen molar-refractivity contribution in [2.75, 3.05) is 0 Å². The van der Waals surface area contributed by atoms with Crippen LogP contribution in [0.4, 0.5) is 0 Å². The predicted octanol–water partition coefficient (Wildman–Crippen LogP) is 4.06. The monoisotopic (exact) mass is 305 g/mol. The molecule has 0 spiro atoms. The van der Waals surface area contributed by atoms with Crippen LogP contribution in [0, 0.1) is 22.2 Å². The van der Waals surface area contributed by atoms with Crippen molar-refractivity contribution < 1.29 is 4.79 Å². The number of halogens is 1. The van der Waals surface area contributed by atoms with Crippen LogP contribution in [0.25, 0.3) is 0 Å². The minimum absolute atomic E-state index is 0.0168. The van der Waals surface area contributed by atoms with E-state index in [0.717, 1.165) is 10.0 Å². The maximum absolute atomic E-state index is 12.0. The Kier molecular flexibility index (Phi) is 3.11. The highest BCUT2D eigenvalue weighted by Gasteiger charge is 2.62. The Hall–Kier alpha value is -1.14. The molecule has 2 nitrogen and oxygen atoms in total. The normalized spacial score (nSPS) is 27.5. The van der Waals surface area contributed by atoms with Crippen LogP contribution in [-0.4, -0.2) is 5.78 Å². The highest BCUT2D eigenvalue weighted by atomic mass is 79.9. The quantitative estimate of drug-likeness (QED) is 0.785. The Morgan fingerprint density at radius 1 is 1.33 bits per heavy atom. The Bertz CT molecular complexity index is 521. The molecule has 0 bridgehead atoms. The van der Waals surface area contributed by atoms with Gasteiger partial charge in [-0.3, -0.25) is 4.79 Å². The third kappa shape index (κ3) is 1.71. The smallest absolute Gasteiger partial charge is 0.154 e. The zero-order valence-electron chi connectivity index (χ0n) is 10.8. The van der Waals surface area contributed by atoms with E-state index in [1.807, 2.05) is 45.0 Å². The van der Waals surface area contributed by atoms with Gasteiger partial charge in [-0.05, 0) is 23.1 Å². The van der Waals surface area contributed by atoms with Crippen LogP contribution in [-0.2, 0) is 4.79 Å². The summed E-state index contributed by atoms with van der Waals surface area (Å²) in [5, 5.41) is 9.55. The fourth-order valence-electron chi connectivity index (χ4n) is 2.87. The predicted molar refractivity (Wildman–Crippen MR) is 74.0 cm³/mol. The number of carbonyl (C=O) groups is 1.